The molecular weight excluding hydrogens is 306 g/mol. The van der Waals surface area contributed by atoms with E-state index >= 15 is 0 Å². The van der Waals surface area contributed by atoms with Crippen molar-refractivity contribution in [3.05, 3.63) is 23.8 Å². The van der Waals surface area contributed by atoms with Crippen LogP contribution in [0.5, 0.6) is 11.5 Å². The van der Waals surface area contributed by atoms with E-state index in [4.69, 9.17) is 15.2 Å². The molecule has 0 amide bonds. The minimum absolute atomic E-state index is 0.107. The van der Waals surface area contributed by atoms with E-state index in [0.717, 1.165) is 7.11 Å². The molecule has 0 aliphatic heterocycles. The monoisotopic (exact) mass is 327 g/mol. The average molecular weight is 327 g/mol. The van der Waals surface area contributed by atoms with Gasteiger partial charge in [-0.2, -0.15) is 0 Å². The summed E-state index contributed by atoms with van der Waals surface area (Å²) in [6, 6.07) is 3.89. The maximum absolute atomic E-state index is 12.3. The molecule has 1 aromatic rings. The zero-order valence-corrected chi connectivity index (χ0v) is 13.2. The van der Waals surface area contributed by atoms with Gasteiger partial charge in [0.1, 0.15) is 0 Å². The SMILES string of the molecule is CCCOC(=O)[C@@](N)(OC(=O)OC)C(C)c1ccc(O)c(O)c1. The third kappa shape index (κ3) is 4.26. The smallest absolute Gasteiger partial charge is 0.504 e. The molecule has 0 radical (unpaired) electrons. The third-order valence-corrected chi connectivity index (χ3v) is 3.32. The van der Waals surface area contributed by atoms with Crippen LogP contribution in [0.15, 0.2) is 18.2 Å². The number of hydrogen-bond donors (Lipinski definition) is 3. The molecule has 0 aliphatic rings. The number of nitrogens with two attached hydrogens (primary N) is 1. The van der Waals surface area contributed by atoms with Crippen molar-refractivity contribution in [2.45, 2.75) is 31.9 Å². The number of phenols is 2. The highest BCUT2D eigenvalue weighted by Crippen LogP contribution is 2.34. The fourth-order valence-corrected chi connectivity index (χ4v) is 1.85. The van der Waals surface area contributed by atoms with Crippen molar-refractivity contribution >= 4 is 12.1 Å². The average Bonchev–Trinajstić information content (AvgIpc) is 2.53. The molecule has 0 spiro atoms. The molecule has 0 saturated carbocycles. The van der Waals surface area contributed by atoms with Crippen molar-refractivity contribution in [1.82, 2.24) is 0 Å². The summed E-state index contributed by atoms with van der Waals surface area (Å²) >= 11 is 0. The highest BCUT2D eigenvalue weighted by Gasteiger charge is 2.47. The van der Waals surface area contributed by atoms with Crippen LogP contribution >= 0.6 is 0 Å². The fraction of sp³-hybridized carbons (Fsp3) is 0.467. The van der Waals surface area contributed by atoms with Crippen LogP contribution in [0.4, 0.5) is 4.79 Å². The van der Waals surface area contributed by atoms with E-state index in [2.05, 4.69) is 4.74 Å². The Morgan fingerprint density at radius 2 is 1.96 bits per heavy atom. The summed E-state index contributed by atoms with van der Waals surface area (Å²) < 4.78 is 14.3. The summed E-state index contributed by atoms with van der Waals surface area (Å²) in [5, 5.41) is 18.9. The van der Waals surface area contributed by atoms with E-state index in [1.54, 1.807) is 6.92 Å². The summed E-state index contributed by atoms with van der Waals surface area (Å²) in [4.78, 5) is 23.7. The van der Waals surface area contributed by atoms with Crippen LogP contribution in [0.3, 0.4) is 0 Å². The Kier molecular flexibility index (Phi) is 6.20. The lowest BCUT2D eigenvalue weighted by atomic mass is 9.90. The molecule has 8 nitrogen and oxygen atoms in total. The van der Waals surface area contributed by atoms with Crippen LogP contribution in [0.25, 0.3) is 0 Å². The fourth-order valence-electron chi connectivity index (χ4n) is 1.85. The highest BCUT2D eigenvalue weighted by atomic mass is 16.7. The Labute approximate surface area is 133 Å². The Morgan fingerprint density at radius 3 is 2.48 bits per heavy atom. The van der Waals surface area contributed by atoms with Gasteiger partial charge in [0.05, 0.1) is 13.7 Å². The summed E-state index contributed by atoms with van der Waals surface area (Å²) in [6.45, 7) is 3.42. The minimum atomic E-state index is -2.15. The van der Waals surface area contributed by atoms with E-state index in [0.29, 0.717) is 12.0 Å². The first-order chi connectivity index (χ1) is 10.8. The van der Waals surface area contributed by atoms with Crippen molar-refractivity contribution in [3.63, 3.8) is 0 Å². The van der Waals surface area contributed by atoms with E-state index in [1.807, 2.05) is 0 Å². The third-order valence-electron chi connectivity index (χ3n) is 3.32. The zero-order chi connectivity index (χ0) is 17.6. The van der Waals surface area contributed by atoms with Crippen molar-refractivity contribution in [1.29, 1.82) is 0 Å². The first-order valence-corrected chi connectivity index (χ1v) is 7.01. The van der Waals surface area contributed by atoms with Gasteiger partial charge < -0.3 is 24.4 Å². The number of benzene rings is 1. The predicted octanol–water partition coefficient (Wildman–Crippen LogP) is 1.59. The molecule has 2 atom stereocenters. The number of esters is 1. The number of phenolic OH excluding ortho intramolecular Hbond substituents is 2. The normalized spacial score (nSPS) is 14.4. The highest BCUT2D eigenvalue weighted by molar-refractivity contribution is 5.82. The molecule has 0 aliphatic carbocycles. The topological polar surface area (TPSA) is 128 Å². The van der Waals surface area contributed by atoms with Gasteiger partial charge >= 0.3 is 12.1 Å². The quantitative estimate of drug-likeness (QED) is 0.408. The van der Waals surface area contributed by atoms with Gasteiger partial charge in [-0.05, 0) is 24.1 Å². The van der Waals surface area contributed by atoms with Gasteiger partial charge in [0.15, 0.2) is 11.5 Å². The standard InChI is InChI=1S/C15H21NO7/c1-4-7-22-13(19)15(16,23-14(20)21-3)9(2)10-5-6-11(17)12(18)8-10/h5-6,8-9,17-18H,4,7,16H2,1-3H3/t9?,15-/m0/s1. The lowest BCUT2D eigenvalue weighted by Crippen LogP contribution is -2.56. The van der Waals surface area contributed by atoms with Crippen LogP contribution in [0, 0.1) is 0 Å². The molecule has 0 aromatic heterocycles. The molecule has 128 valence electrons. The summed E-state index contributed by atoms with van der Waals surface area (Å²) in [5.74, 6) is -2.54. The van der Waals surface area contributed by atoms with Crippen molar-refractivity contribution in [2.75, 3.05) is 13.7 Å². The van der Waals surface area contributed by atoms with E-state index < -0.39 is 29.5 Å². The number of carbonyl (C=O) groups is 2. The van der Waals surface area contributed by atoms with Gasteiger partial charge in [0.25, 0.3) is 5.72 Å². The Hall–Kier alpha value is -2.48. The first kappa shape index (κ1) is 18.6. The van der Waals surface area contributed by atoms with Gasteiger partial charge in [-0.1, -0.05) is 19.9 Å². The molecule has 1 aromatic carbocycles. The second kappa shape index (κ2) is 7.68. The Morgan fingerprint density at radius 1 is 1.30 bits per heavy atom. The Balaban J connectivity index is 3.17. The molecule has 23 heavy (non-hydrogen) atoms. The molecule has 1 unspecified atom stereocenters. The molecule has 0 fully saturated rings. The molecule has 0 heterocycles. The zero-order valence-electron chi connectivity index (χ0n) is 13.2. The van der Waals surface area contributed by atoms with Crippen LogP contribution in [-0.2, 0) is 19.0 Å². The molecule has 4 N–H and O–H groups in total. The van der Waals surface area contributed by atoms with Crippen LogP contribution in [0.2, 0.25) is 0 Å². The van der Waals surface area contributed by atoms with E-state index in [1.165, 1.54) is 25.1 Å². The van der Waals surface area contributed by atoms with Crippen molar-refractivity contribution in [2.24, 2.45) is 5.73 Å². The first-order valence-electron chi connectivity index (χ1n) is 7.01. The lowest BCUT2D eigenvalue weighted by Gasteiger charge is -2.32. The molecule has 0 saturated heterocycles. The van der Waals surface area contributed by atoms with E-state index in [-0.39, 0.29) is 12.4 Å². The number of ether oxygens (including phenoxy) is 3. The predicted molar refractivity (Wildman–Crippen MR) is 79.8 cm³/mol. The number of carbonyl (C=O) groups excluding carboxylic acids is 2. The largest absolute Gasteiger partial charge is 0.510 e. The molecule has 0 bridgehead atoms. The van der Waals surface area contributed by atoms with E-state index in [9.17, 15) is 19.8 Å². The number of methoxy groups -OCH3 is 1. The summed E-state index contributed by atoms with van der Waals surface area (Å²) in [5.41, 5.74) is 4.19. The second-order valence-corrected chi connectivity index (χ2v) is 4.96. The van der Waals surface area contributed by atoms with Gasteiger partial charge in [-0.25, -0.2) is 9.59 Å². The molecule has 8 heteroatoms. The Bertz CT molecular complexity index is 575. The summed E-state index contributed by atoms with van der Waals surface area (Å²) in [7, 11) is 1.08. The number of hydrogen-bond acceptors (Lipinski definition) is 8. The lowest BCUT2D eigenvalue weighted by molar-refractivity contribution is -0.170. The van der Waals surface area contributed by atoms with Crippen LogP contribution in [-0.4, -0.2) is 41.8 Å². The van der Waals surface area contributed by atoms with Crippen LogP contribution in [0.1, 0.15) is 31.7 Å². The maximum atomic E-state index is 12.3. The van der Waals surface area contributed by atoms with Crippen molar-refractivity contribution < 1.29 is 34.0 Å². The second-order valence-electron chi connectivity index (χ2n) is 4.96. The number of aromatic hydroxyl groups is 2. The van der Waals surface area contributed by atoms with Crippen molar-refractivity contribution in [3.8, 4) is 11.5 Å². The van der Waals surface area contributed by atoms with Gasteiger partial charge in [0.2, 0.25) is 0 Å². The van der Waals surface area contributed by atoms with Gasteiger partial charge in [-0.15, -0.1) is 0 Å². The molecule has 1 rings (SSSR count). The summed E-state index contributed by atoms with van der Waals surface area (Å²) in [6.07, 6.45) is -0.579. The number of rotatable bonds is 6. The maximum Gasteiger partial charge on any atom is 0.510 e. The molecular formula is C15H21NO7. The van der Waals surface area contributed by atoms with Crippen LogP contribution < -0.4 is 5.73 Å². The van der Waals surface area contributed by atoms with Gasteiger partial charge in [-0.3, -0.25) is 5.73 Å². The minimum Gasteiger partial charge on any atom is -0.504 e. The van der Waals surface area contributed by atoms with Gasteiger partial charge in [0, 0.05) is 5.92 Å².